The molecule has 25 heavy (non-hydrogen) atoms. The second-order valence-electron chi connectivity index (χ2n) is 6.95. The van der Waals surface area contributed by atoms with Crippen molar-refractivity contribution in [3.8, 4) is 0 Å². The average Bonchev–Trinajstić information content (AvgIpc) is 2.91. The third kappa shape index (κ3) is 5.33. The number of nitrogens with two attached hydrogens (primary N) is 1. The summed E-state index contributed by atoms with van der Waals surface area (Å²) in [6.45, 7) is 7.67. The highest BCUT2D eigenvalue weighted by atomic mass is 19.1. The van der Waals surface area contributed by atoms with E-state index in [4.69, 9.17) is 5.73 Å². The highest BCUT2D eigenvalue weighted by Gasteiger charge is 2.18. The number of hydrogen-bond donors (Lipinski definition) is 1. The van der Waals surface area contributed by atoms with Gasteiger partial charge in [0, 0.05) is 38.4 Å². The molecule has 0 aromatic heterocycles. The van der Waals surface area contributed by atoms with Gasteiger partial charge in [-0.2, -0.15) is 0 Å². The van der Waals surface area contributed by atoms with Crippen LogP contribution in [0.2, 0.25) is 0 Å². The number of guanidine groups is 1. The quantitative estimate of drug-likeness (QED) is 0.670. The highest BCUT2D eigenvalue weighted by Crippen LogP contribution is 2.16. The Kier molecular flexibility index (Phi) is 6.50. The lowest BCUT2D eigenvalue weighted by atomic mass is 10.2. The van der Waals surface area contributed by atoms with Crippen LogP contribution in [0, 0.1) is 5.82 Å². The number of piperazine rings is 1. The minimum Gasteiger partial charge on any atom is -0.370 e. The lowest BCUT2D eigenvalue weighted by molar-refractivity contribution is 0.292. The summed E-state index contributed by atoms with van der Waals surface area (Å²) in [5.41, 5.74) is 7.26. The minimum atomic E-state index is -0.192. The van der Waals surface area contributed by atoms with E-state index < -0.39 is 0 Å². The van der Waals surface area contributed by atoms with Crippen LogP contribution >= 0.6 is 0 Å². The fraction of sp³-hybridized carbons (Fsp3) is 0.632. The van der Waals surface area contributed by atoms with E-state index in [-0.39, 0.29) is 5.82 Å². The molecule has 138 valence electrons. The van der Waals surface area contributed by atoms with Crippen molar-refractivity contribution in [3.63, 3.8) is 0 Å². The van der Waals surface area contributed by atoms with E-state index in [0.29, 0.717) is 5.96 Å². The van der Waals surface area contributed by atoms with Gasteiger partial charge in [0.25, 0.3) is 0 Å². The molecule has 0 spiro atoms. The van der Waals surface area contributed by atoms with Crippen LogP contribution in [0.1, 0.15) is 25.7 Å². The Balaban J connectivity index is 1.42. The average molecular weight is 347 g/mol. The maximum absolute atomic E-state index is 13.0. The standard InChI is InChI=1S/C19H30FN5/c20-17-5-7-18(8-6-17)24-13-15-25(16-14-24)19(21)22-9-12-23-10-3-1-2-4-11-23/h5-8H,1-4,9-16H2,(H2,21,22). The minimum absolute atomic E-state index is 0.192. The van der Waals surface area contributed by atoms with E-state index in [0.717, 1.165) is 45.0 Å². The number of anilines is 1. The lowest BCUT2D eigenvalue weighted by Crippen LogP contribution is -2.51. The highest BCUT2D eigenvalue weighted by molar-refractivity contribution is 5.78. The molecular weight excluding hydrogens is 317 g/mol. The zero-order chi connectivity index (χ0) is 17.5. The SMILES string of the molecule is NC(=NCCN1CCCCCC1)N1CCN(c2ccc(F)cc2)CC1. The molecule has 0 radical (unpaired) electrons. The van der Waals surface area contributed by atoms with Gasteiger partial charge in [0.05, 0.1) is 6.54 Å². The van der Waals surface area contributed by atoms with E-state index >= 15 is 0 Å². The number of hydrogen-bond acceptors (Lipinski definition) is 3. The van der Waals surface area contributed by atoms with Crippen molar-refractivity contribution in [2.24, 2.45) is 10.7 Å². The van der Waals surface area contributed by atoms with Crippen LogP contribution < -0.4 is 10.6 Å². The molecule has 3 rings (SSSR count). The topological polar surface area (TPSA) is 48.1 Å². The normalized spacial score (nSPS) is 20.6. The van der Waals surface area contributed by atoms with Gasteiger partial charge in [0.1, 0.15) is 5.82 Å². The molecule has 6 heteroatoms. The van der Waals surface area contributed by atoms with Crippen LogP contribution in [-0.4, -0.2) is 68.1 Å². The first-order chi connectivity index (χ1) is 12.2. The molecule has 0 aliphatic carbocycles. The first-order valence-electron chi connectivity index (χ1n) is 9.50. The molecule has 0 bridgehead atoms. The molecule has 1 aromatic carbocycles. The summed E-state index contributed by atoms with van der Waals surface area (Å²) in [5, 5.41) is 0. The largest absolute Gasteiger partial charge is 0.370 e. The molecule has 2 fully saturated rings. The van der Waals surface area contributed by atoms with Crippen LogP contribution in [0.4, 0.5) is 10.1 Å². The molecule has 2 saturated heterocycles. The third-order valence-corrected chi connectivity index (χ3v) is 5.18. The van der Waals surface area contributed by atoms with Gasteiger partial charge in [-0.25, -0.2) is 4.39 Å². The Hall–Kier alpha value is -1.82. The molecule has 0 saturated carbocycles. The van der Waals surface area contributed by atoms with E-state index in [1.54, 1.807) is 0 Å². The fourth-order valence-corrected chi connectivity index (χ4v) is 3.61. The van der Waals surface area contributed by atoms with Crippen LogP contribution in [0.5, 0.6) is 0 Å². The summed E-state index contributed by atoms with van der Waals surface area (Å²) < 4.78 is 13.0. The zero-order valence-electron chi connectivity index (χ0n) is 15.0. The Morgan fingerprint density at radius 1 is 0.920 bits per heavy atom. The van der Waals surface area contributed by atoms with Crippen molar-refractivity contribution in [1.82, 2.24) is 9.80 Å². The van der Waals surface area contributed by atoms with Crippen molar-refractivity contribution in [2.75, 3.05) is 57.3 Å². The maximum atomic E-state index is 13.0. The number of aliphatic imine (C=N–C) groups is 1. The van der Waals surface area contributed by atoms with Gasteiger partial charge in [0.2, 0.25) is 0 Å². The van der Waals surface area contributed by atoms with Crippen LogP contribution in [0.3, 0.4) is 0 Å². The summed E-state index contributed by atoms with van der Waals surface area (Å²) in [5.74, 6) is 0.469. The smallest absolute Gasteiger partial charge is 0.191 e. The molecule has 2 aliphatic rings. The molecule has 0 amide bonds. The number of halogens is 1. The first kappa shape index (κ1) is 18.0. The van der Waals surface area contributed by atoms with Crippen molar-refractivity contribution >= 4 is 11.6 Å². The predicted molar refractivity (Wildman–Crippen MR) is 102 cm³/mol. The first-order valence-corrected chi connectivity index (χ1v) is 9.50. The lowest BCUT2D eigenvalue weighted by Gasteiger charge is -2.36. The van der Waals surface area contributed by atoms with E-state index in [2.05, 4.69) is 19.7 Å². The Morgan fingerprint density at radius 2 is 1.56 bits per heavy atom. The predicted octanol–water partition coefficient (Wildman–Crippen LogP) is 2.14. The molecule has 2 N–H and O–H groups in total. The second kappa shape index (κ2) is 9.04. The van der Waals surface area contributed by atoms with Gasteiger partial charge in [0.15, 0.2) is 5.96 Å². The molecule has 5 nitrogen and oxygen atoms in total. The van der Waals surface area contributed by atoms with E-state index in [1.807, 2.05) is 12.1 Å². The van der Waals surface area contributed by atoms with Crippen molar-refractivity contribution in [3.05, 3.63) is 30.1 Å². The van der Waals surface area contributed by atoms with E-state index in [9.17, 15) is 4.39 Å². The number of benzene rings is 1. The molecule has 2 aliphatic heterocycles. The molecule has 0 unspecified atom stereocenters. The number of nitrogens with zero attached hydrogens (tertiary/aromatic N) is 4. The van der Waals surface area contributed by atoms with Gasteiger partial charge in [-0.05, 0) is 50.2 Å². The number of rotatable bonds is 4. The Morgan fingerprint density at radius 3 is 2.20 bits per heavy atom. The van der Waals surface area contributed by atoms with Gasteiger partial charge in [-0.1, -0.05) is 12.8 Å². The Labute approximate surface area is 150 Å². The van der Waals surface area contributed by atoms with Crippen molar-refractivity contribution < 1.29 is 4.39 Å². The van der Waals surface area contributed by atoms with Gasteiger partial charge < -0.3 is 20.4 Å². The summed E-state index contributed by atoms with van der Waals surface area (Å²) in [6.07, 6.45) is 5.34. The third-order valence-electron chi connectivity index (χ3n) is 5.18. The molecule has 2 heterocycles. The maximum Gasteiger partial charge on any atom is 0.191 e. The Bertz CT molecular complexity index is 543. The molecule has 1 aromatic rings. The summed E-state index contributed by atoms with van der Waals surface area (Å²) in [6, 6.07) is 6.70. The summed E-state index contributed by atoms with van der Waals surface area (Å²) >= 11 is 0. The van der Waals surface area contributed by atoms with Crippen molar-refractivity contribution in [1.29, 1.82) is 0 Å². The fourth-order valence-electron chi connectivity index (χ4n) is 3.61. The van der Waals surface area contributed by atoms with Crippen LogP contribution in [0.25, 0.3) is 0 Å². The zero-order valence-corrected chi connectivity index (χ0v) is 15.0. The number of likely N-dealkylation sites (tertiary alicyclic amines) is 1. The monoisotopic (exact) mass is 347 g/mol. The van der Waals surface area contributed by atoms with Gasteiger partial charge in [-0.3, -0.25) is 4.99 Å². The molecular formula is C19H30FN5. The van der Waals surface area contributed by atoms with Crippen LogP contribution in [0.15, 0.2) is 29.3 Å². The van der Waals surface area contributed by atoms with E-state index in [1.165, 1.54) is 50.9 Å². The second-order valence-corrected chi connectivity index (χ2v) is 6.95. The summed E-state index contributed by atoms with van der Waals surface area (Å²) in [7, 11) is 0. The van der Waals surface area contributed by atoms with Crippen LogP contribution in [-0.2, 0) is 0 Å². The molecule has 0 atom stereocenters. The van der Waals surface area contributed by atoms with Crippen molar-refractivity contribution in [2.45, 2.75) is 25.7 Å². The summed E-state index contributed by atoms with van der Waals surface area (Å²) in [4.78, 5) is 11.5. The van der Waals surface area contributed by atoms with Gasteiger partial charge >= 0.3 is 0 Å². The van der Waals surface area contributed by atoms with Gasteiger partial charge in [-0.15, -0.1) is 0 Å².